The van der Waals surface area contributed by atoms with E-state index < -0.39 is 0 Å². The Balaban J connectivity index is 2.12. The maximum absolute atomic E-state index is 2.41. The van der Waals surface area contributed by atoms with E-state index in [9.17, 15) is 0 Å². The van der Waals surface area contributed by atoms with Gasteiger partial charge < -0.3 is 0 Å². The van der Waals surface area contributed by atoms with Crippen LogP contribution < -0.4 is 0 Å². The van der Waals surface area contributed by atoms with E-state index in [-0.39, 0.29) is 0 Å². The van der Waals surface area contributed by atoms with Gasteiger partial charge in [0, 0.05) is 4.88 Å². The summed E-state index contributed by atoms with van der Waals surface area (Å²) in [5, 5.41) is 2.17. The zero-order valence-electron chi connectivity index (χ0n) is 5.92. The minimum absolute atomic E-state index is 0.861. The highest BCUT2D eigenvalue weighted by Gasteiger charge is 2.17. The predicted octanol–water partition coefficient (Wildman–Crippen LogP) is 3.22. The van der Waals surface area contributed by atoms with Crippen molar-refractivity contribution in [2.45, 2.75) is 25.2 Å². The molecule has 1 aromatic rings. The van der Waals surface area contributed by atoms with Crippen LogP contribution in [0.15, 0.2) is 17.5 Å². The van der Waals surface area contributed by atoms with Crippen molar-refractivity contribution in [3.05, 3.63) is 28.8 Å². The van der Waals surface area contributed by atoms with Gasteiger partial charge in [0.15, 0.2) is 0 Å². The van der Waals surface area contributed by atoms with Gasteiger partial charge in [-0.15, -0.1) is 11.3 Å². The summed E-state index contributed by atoms with van der Waals surface area (Å²) in [4.78, 5) is 1.58. The molecule has 1 heteroatoms. The molecule has 1 heterocycles. The molecule has 1 fully saturated rings. The van der Waals surface area contributed by atoms with Gasteiger partial charge in [0.05, 0.1) is 0 Å². The van der Waals surface area contributed by atoms with Crippen molar-refractivity contribution in [3.8, 4) is 0 Å². The molecule has 0 saturated heterocycles. The summed E-state index contributed by atoms with van der Waals surface area (Å²) in [5.74, 6) is 0.861. The maximum Gasteiger partial charge on any atom is 0.00762 e. The molecule has 1 saturated carbocycles. The molecule has 0 amide bonds. The first kappa shape index (κ1) is 6.41. The fraction of sp³-hybridized carbons (Fsp3) is 0.444. The first-order valence-electron chi connectivity index (χ1n) is 3.82. The van der Waals surface area contributed by atoms with Crippen molar-refractivity contribution < 1.29 is 0 Å². The predicted molar refractivity (Wildman–Crippen MR) is 45.2 cm³/mol. The standard InChI is InChI=1S/C9H11S/c1-2-5-8(4-1)9-6-3-7-10-9/h1,3,6-8H,2,4-5H2. The molecule has 1 aliphatic carbocycles. The van der Waals surface area contributed by atoms with Crippen molar-refractivity contribution >= 4 is 11.3 Å². The van der Waals surface area contributed by atoms with Gasteiger partial charge in [-0.3, -0.25) is 0 Å². The zero-order chi connectivity index (χ0) is 6.81. The van der Waals surface area contributed by atoms with E-state index in [2.05, 4.69) is 23.9 Å². The van der Waals surface area contributed by atoms with Crippen LogP contribution in [0.3, 0.4) is 0 Å². The second-order valence-electron chi connectivity index (χ2n) is 2.81. The topological polar surface area (TPSA) is 0 Å². The van der Waals surface area contributed by atoms with E-state index in [1.807, 2.05) is 11.3 Å². The molecule has 1 radical (unpaired) electrons. The van der Waals surface area contributed by atoms with Crippen molar-refractivity contribution in [2.24, 2.45) is 0 Å². The third-order valence-electron chi connectivity index (χ3n) is 2.12. The average Bonchev–Trinajstić information content (AvgIpc) is 2.59. The van der Waals surface area contributed by atoms with Crippen LogP contribution >= 0.6 is 11.3 Å². The summed E-state index contributed by atoms with van der Waals surface area (Å²) in [5.41, 5.74) is 0. The Labute approximate surface area is 65.9 Å². The SMILES string of the molecule is [CH]1CCC(c2cccs2)C1. The second kappa shape index (κ2) is 2.75. The van der Waals surface area contributed by atoms with E-state index in [1.54, 1.807) is 4.88 Å². The highest BCUT2D eigenvalue weighted by Crippen LogP contribution is 2.35. The maximum atomic E-state index is 2.41. The molecule has 1 atom stereocenters. The monoisotopic (exact) mass is 151 g/mol. The Morgan fingerprint density at radius 2 is 2.50 bits per heavy atom. The number of rotatable bonds is 1. The van der Waals surface area contributed by atoms with Crippen LogP contribution in [0, 0.1) is 6.42 Å². The van der Waals surface area contributed by atoms with E-state index >= 15 is 0 Å². The molecule has 1 unspecified atom stereocenters. The molecule has 0 spiro atoms. The smallest absolute Gasteiger partial charge is 0.00762 e. The van der Waals surface area contributed by atoms with Crippen LogP contribution in [0.2, 0.25) is 0 Å². The third-order valence-corrected chi connectivity index (χ3v) is 3.15. The van der Waals surface area contributed by atoms with Gasteiger partial charge in [-0.05, 0) is 43.0 Å². The molecular formula is C9H11S. The van der Waals surface area contributed by atoms with Crippen LogP contribution in [0.25, 0.3) is 0 Å². The lowest BCUT2D eigenvalue weighted by atomic mass is 10.1. The van der Waals surface area contributed by atoms with Gasteiger partial charge in [-0.1, -0.05) is 6.07 Å². The highest BCUT2D eigenvalue weighted by molar-refractivity contribution is 7.10. The first-order valence-corrected chi connectivity index (χ1v) is 4.70. The van der Waals surface area contributed by atoms with Gasteiger partial charge >= 0.3 is 0 Å². The lowest BCUT2D eigenvalue weighted by molar-refractivity contribution is 0.745. The summed E-state index contributed by atoms with van der Waals surface area (Å²) in [6, 6.07) is 4.41. The molecular weight excluding hydrogens is 140 g/mol. The fourth-order valence-electron chi connectivity index (χ4n) is 1.54. The molecule has 10 heavy (non-hydrogen) atoms. The molecule has 53 valence electrons. The summed E-state index contributed by atoms with van der Waals surface area (Å²) in [7, 11) is 0. The number of hydrogen-bond acceptors (Lipinski definition) is 1. The number of hydrogen-bond donors (Lipinski definition) is 0. The summed E-state index contributed by atoms with van der Waals surface area (Å²) in [6.07, 6.45) is 6.41. The van der Waals surface area contributed by atoms with E-state index in [4.69, 9.17) is 0 Å². The van der Waals surface area contributed by atoms with Gasteiger partial charge in [0.1, 0.15) is 0 Å². The Morgan fingerprint density at radius 1 is 1.50 bits per heavy atom. The van der Waals surface area contributed by atoms with Crippen molar-refractivity contribution in [1.29, 1.82) is 0 Å². The van der Waals surface area contributed by atoms with Crippen LogP contribution in [-0.2, 0) is 0 Å². The quantitative estimate of drug-likeness (QED) is 0.578. The summed E-state index contributed by atoms with van der Waals surface area (Å²) in [6.45, 7) is 0. The van der Waals surface area contributed by atoms with Crippen LogP contribution in [-0.4, -0.2) is 0 Å². The van der Waals surface area contributed by atoms with Gasteiger partial charge in [-0.25, -0.2) is 0 Å². The van der Waals surface area contributed by atoms with Crippen molar-refractivity contribution in [1.82, 2.24) is 0 Å². The fourth-order valence-corrected chi connectivity index (χ4v) is 2.42. The molecule has 0 aliphatic heterocycles. The largest absolute Gasteiger partial charge is 0.149 e. The van der Waals surface area contributed by atoms with Crippen LogP contribution in [0.4, 0.5) is 0 Å². The molecule has 2 rings (SSSR count). The van der Waals surface area contributed by atoms with E-state index in [0.29, 0.717) is 0 Å². The van der Waals surface area contributed by atoms with E-state index in [1.165, 1.54) is 19.3 Å². The minimum Gasteiger partial charge on any atom is -0.149 e. The number of thiophene rings is 1. The van der Waals surface area contributed by atoms with E-state index in [0.717, 1.165) is 5.92 Å². The van der Waals surface area contributed by atoms with Crippen molar-refractivity contribution in [3.63, 3.8) is 0 Å². The Morgan fingerprint density at radius 3 is 3.10 bits per heavy atom. The molecule has 1 aliphatic rings. The second-order valence-corrected chi connectivity index (χ2v) is 3.79. The average molecular weight is 151 g/mol. The Bertz CT molecular complexity index is 183. The molecule has 0 N–H and O–H groups in total. The Hall–Kier alpha value is -0.300. The lowest BCUT2D eigenvalue weighted by Gasteiger charge is -2.02. The van der Waals surface area contributed by atoms with Crippen LogP contribution in [0.1, 0.15) is 30.1 Å². The highest BCUT2D eigenvalue weighted by atomic mass is 32.1. The summed E-state index contributed by atoms with van der Waals surface area (Å²) < 4.78 is 0. The van der Waals surface area contributed by atoms with Crippen LogP contribution in [0.5, 0.6) is 0 Å². The summed E-state index contributed by atoms with van der Waals surface area (Å²) >= 11 is 1.90. The molecule has 1 aromatic heterocycles. The Kier molecular flexibility index (Phi) is 1.76. The van der Waals surface area contributed by atoms with Gasteiger partial charge in [0.25, 0.3) is 0 Å². The first-order chi connectivity index (χ1) is 4.97. The molecule has 0 bridgehead atoms. The van der Waals surface area contributed by atoms with Gasteiger partial charge in [-0.2, -0.15) is 0 Å². The zero-order valence-corrected chi connectivity index (χ0v) is 6.73. The molecule has 0 aromatic carbocycles. The third kappa shape index (κ3) is 1.10. The van der Waals surface area contributed by atoms with Gasteiger partial charge in [0.2, 0.25) is 0 Å². The normalized spacial score (nSPS) is 20.0. The van der Waals surface area contributed by atoms with Crippen molar-refractivity contribution in [2.75, 3.05) is 0 Å². The molecule has 0 nitrogen and oxygen atoms in total. The lowest BCUT2D eigenvalue weighted by Crippen LogP contribution is -1.85. The minimum atomic E-state index is 0.861.